The maximum Gasteiger partial charge on any atom is 0.0541 e. The predicted octanol–water partition coefficient (Wildman–Crippen LogP) is 1.84. The SMILES string of the molecule is CN(CCC1CCCNC1)c1cc[nH]c1. The number of rotatable bonds is 4. The van der Waals surface area contributed by atoms with Crippen molar-refractivity contribution in [3.63, 3.8) is 0 Å². The van der Waals surface area contributed by atoms with Crippen molar-refractivity contribution in [3.8, 4) is 0 Å². The summed E-state index contributed by atoms with van der Waals surface area (Å²) in [6.45, 7) is 3.58. The van der Waals surface area contributed by atoms with Gasteiger partial charge < -0.3 is 15.2 Å². The molecular weight excluding hydrogens is 186 g/mol. The van der Waals surface area contributed by atoms with Crippen LogP contribution in [0, 0.1) is 5.92 Å². The minimum atomic E-state index is 0.875. The summed E-state index contributed by atoms with van der Waals surface area (Å²) >= 11 is 0. The van der Waals surface area contributed by atoms with Gasteiger partial charge in [0.15, 0.2) is 0 Å². The zero-order valence-corrected chi connectivity index (χ0v) is 9.50. The van der Waals surface area contributed by atoms with Gasteiger partial charge in [0.25, 0.3) is 0 Å². The van der Waals surface area contributed by atoms with Gasteiger partial charge >= 0.3 is 0 Å². The molecule has 2 rings (SSSR count). The monoisotopic (exact) mass is 207 g/mol. The molecule has 2 heterocycles. The Labute approximate surface area is 91.9 Å². The van der Waals surface area contributed by atoms with Gasteiger partial charge in [-0.3, -0.25) is 0 Å². The first-order valence-corrected chi connectivity index (χ1v) is 5.91. The Hall–Kier alpha value is -0.960. The molecule has 1 aromatic heterocycles. The summed E-state index contributed by atoms with van der Waals surface area (Å²) in [4.78, 5) is 5.42. The zero-order valence-electron chi connectivity index (χ0n) is 9.50. The van der Waals surface area contributed by atoms with Gasteiger partial charge in [-0.2, -0.15) is 0 Å². The molecule has 15 heavy (non-hydrogen) atoms. The molecule has 0 spiro atoms. The number of H-pyrrole nitrogens is 1. The fourth-order valence-electron chi connectivity index (χ4n) is 2.23. The quantitative estimate of drug-likeness (QED) is 0.789. The fraction of sp³-hybridized carbons (Fsp3) is 0.667. The van der Waals surface area contributed by atoms with E-state index in [1.807, 2.05) is 6.20 Å². The first-order chi connectivity index (χ1) is 7.36. The fourth-order valence-corrected chi connectivity index (χ4v) is 2.23. The van der Waals surface area contributed by atoms with Crippen molar-refractivity contribution in [3.05, 3.63) is 18.5 Å². The van der Waals surface area contributed by atoms with Crippen LogP contribution in [0.25, 0.3) is 0 Å². The Morgan fingerprint density at radius 3 is 3.13 bits per heavy atom. The molecule has 1 fully saturated rings. The molecule has 1 unspecified atom stereocenters. The number of hydrogen-bond donors (Lipinski definition) is 2. The van der Waals surface area contributed by atoms with E-state index in [9.17, 15) is 0 Å². The van der Waals surface area contributed by atoms with Crippen LogP contribution in [-0.4, -0.2) is 31.7 Å². The summed E-state index contributed by atoms with van der Waals surface area (Å²) in [5.74, 6) is 0.875. The standard InChI is InChI=1S/C12H21N3/c1-15(12-4-7-14-10-12)8-5-11-3-2-6-13-9-11/h4,7,10-11,13-14H,2-3,5-6,8-9H2,1H3. The first-order valence-electron chi connectivity index (χ1n) is 5.91. The van der Waals surface area contributed by atoms with Gasteiger partial charge in [-0.25, -0.2) is 0 Å². The third kappa shape index (κ3) is 2.99. The van der Waals surface area contributed by atoms with Crippen molar-refractivity contribution >= 4 is 5.69 Å². The van der Waals surface area contributed by atoms with E-state index in [0.717, 1.165) is 12.5 Å². The van der Waals surface area contributed by atoms with Crippen LogP contribution in [0.3, 0.4) is 0 Å². The maximum atomic E-state index is 3.47. The largest absolute Gasteiger partial charge is 0.373 e. The molecule has 0 amide bonds. The Bertz CT molecular complexity index is 262. The van der Waals surface area contributed by atoms with Gasteiger partial charge in [0.2, 0.25) is 0 Å². The van der Waals surface area contributed by atoms with Gasteiger partial charge in [-0.1, -0.05) is 0 Å². The van der Waals surface area contributed by atoms with Crippen molar-refractivity contribution in [2.24, 2.45) is 5.92 Å². The van der Waals surface area contributed by atoms with Gasteiger partial charge in [0.05, 0.1) is 5.69 Å². The highest BCUT2D eigenvalue weighted by atomic mass is 15.1. The molecule has 2 N–H and O–H groups in total. The smallest absolute Gasteiger partial charge is 0.0541 e. The topological polar surface area (TPSA) is 31.1 Å². The average molecular weight is 207 g/mol. The molecule has 0 radical (unpaired) electrons. The summed E-state index contributed by atoms with van der Waals surface area (Å²) in [6, 6.07) is 2.12. The highest BCUT2D eigenvalue weighted by Crippen LogP contribution is 2.16. The summed E-state index contributed by atoms with van der Waals surface area (Å²) < 4.78 is 0. The molecular formula is C12H21N3. The molecule has 3 nitrogen and oxygen atoms in total. The maximum absolute atomic E-state index is 3.47. The van der Waals surface area contributed by atoms with Crippen LogP contribution in [0.4, 0.5) is 5.69 Å². The number of aromatic amines is 1. The van der Waals surface area contributed by atoms with Gasteiger partial charge in [0, 0.05) is 26.0 Å². The zero-order chi connectivity index (χ0) is 10.5. The van der Waals surface area contributed by atoms with Gasteiger partial charge in [0.1, 0.15) is 0 Å². The Morgan fingerprint density at radius 2 is 2.47 bits per heavy atom. The lowest BCUT2D eigenvalue weighted by Crippen LogP contribution is -2.32. The van der Waals surface area contributed by atoms with Gasteiger partial charge in [-0.05, 0) is 44.3 Å². The van der Waals surface area contributed by atoms with Crippen LogP contribution in [0.5, 0.6) is 0 Å². The summed E-state index contributed by atoms with van der Waals surface area (Å²) in [5, 5.41) is 3.47. The van der Waals surface area contributed by atoms with E-state index in [4.69, 9.17) is 0 Å². The molecule has 1 aliphatic heterocycles. The van der Waals surface area contributed by atoms with Crippen LogP contribution < -0.4 is 10.2 Å². The molecule has 1 aromatic rings. The number of hydrogen-bond acceptors (Lipinski definition) is 2. The normalized spacial score (nSPS) is 21.5. The van der Waals surface area contributed by atoms with Gasteiger partial charge in [-0.15, -0.1) is 0 Å². The molecule has 0 bridgehead atoms. The lowest BCUT2D eigenvalue weighted by atomic mass is 9.96. The van der Waals surface area contributed by atoms with Crippen molar-refractivity contribution in [1.29, 1.82) is 0 Å². The Morgan fingerprint density at radius 1 is 1.53 bits per heavy atom. The molecule has 0 aliphatic carbocycles. The molecule has 84 valence electrons. The Kier molecular flexibility index (Phi) is 3.67. The average Bonchev–Trinajstić information content (AvgIpc) is 2.81. The van der Waals surface area contributed by atoms with Crippen LogP contribution in [0.1, 0.15) is 19.3 Å². The third-order valence-electron chi connectivity index (χ3n) is 3.29. The second-order valence-corrected chi connectivity index (χ2v) is 4.49. The van der Waals surface area contributed by atoms with E-state index in [0.29, 0.717) is 0 Å². The lowest BCUT2D eigenvalue weighted by Gasteiger charge is -2.25. The first kappa shape index (κ1) is 10.6. The van der Waals surface area contributed by atoms with Crippen LogP contribution >= 0.6 is 0 Å². The highest BCUT2D eigenvalue weighted by Gasteiger charge is 2.13. The summed E-state index contributed by atoms with van der Waals surface area (Å²) in [7, 11) is 2.17. The van der Waals surface area contributed by atoms with E-state index in [1.165, 1.54) is 38.0 Å². The van der Waals surface area contributed by atoms with E-state index >= 15 is 0 Å². The predicted molar refractivity (Wildman–Crippen MR) is 64.3 cm³/mol. The van der Waals surface area contributed by atoms with Crippen LogP contribution in [0.2, 0.25) is 0 Å². The Balaban J connectivity index is 1.73. The third-order valence-corrected chi connectivity index (χ3v) is 3.29. The second-order valence-electron chi connectivity index (χ2n) is 4.49. The minimum Gasteiger partial charge on any atom is -0.373 e. The number of nitrogens with one attached hydrogen (secondary N) is 2. The molecule has 3 heteroatoms. The van der Waals surface area contributed by atoms with Crippen LogP contribution in [0.15, 0.2) is 18.5 Å². The minimum absolute atomic E-state index is 0.875. The summed E-state index contributed by atoms with van der Waals surface area (Å²) in [6.07, 6.45) is 8.08. The number of piperidine rings is 1. The molecule has 0 aromatic carbocycles. The van der Waals surface area contributed by atoms with Crippen molar-refractivity contribution in [2.45, 2.75) is 19.3 Å². The van der Waals surface area contributed by atoms with E-state index in [-0.39, 0.29) is 0 Å². The molecule has 1 aliphatic rings. The lowest BCUT2D eigenvalue weighted by molar-refractivity contribution is 0.360. The van der Waals surface area contributed by atoms with E-state index in [2.05, 4.69) is 34.5 Å². The van der Waals surface area contributed by atoms with E-state index < -0.39 is 0 Å². The molecule has 1 saturated heterocycles. The van der Waals surface area contributed by atoms with Crippen LogP contribution in [-0.2, 0) is 0 Å². The number of nitrogens with zero attached hydrogens (tertiary/aromatic N) is 1. The molecule has 1 atom stereocenters. The highest BCUT2D eigenvalue weighted by molar-refractivity contribution is 5.42. The van der Waals surface area contributed by atoms with E-state index in [1.54, 1.807) is 0 Å². The summed E-state index contributed by atoms with van der Waals surface area (Å²) in [5.41, 5.74) is 1.29. The second kappa shape index (κ2) is 5.21. The van der Waals surface area contributed by atoms with Crippen molar-refractivity contribution in [2.75, 3.05) is 31.6 Å². The number of anilines is 1. The molecule has 0 saturated carbocycles. The number of aromatic nitrogens is 1. The van der Waals surface area contributed by atoms with Crippen molar-refractivity contribution < 1.29 is 0 Å². The van der Waals surface area contributed by atoms with Crippen molar-refractivity contribution in [1.82, 2.24) is 10.3 Å².